The topological polar surface area (TPSA) is 0 Å². The second-order valence-corrected chi connectivity index (χ2v) is 36.1. The number of hydrogen-bond donors (Lipinski definition) is 0. The molecule has 0 nitrogen and oxygen atoms in total. The first-order valence-corrected chi connectivity index (χ1v) is 13.8. The van der Waals surface area contributed by atoms with Gasteiger partial charge in [-0.15, -0.1) is 0 Å². The van der Waals surface area contributed by atoms with Crippen LogP contribution in [0, 0.1) is 0 Å². The fourth-order valence-electron chi connectivity index (χ4n) is 17.3. The molecule has 3 heteroatoms. The van der Waals surface area contributed by atoms with Crippen molar-refractivity contribution in [3.63, 3.8) is 0 Å². The van der Waals surface area contributed by atoms with Crippen LogP contribution in [0.2, 0.25) is 47.7 Å². The Hall–Kier alpha value is 1.38. The zero-order valence-corrected chi connectivity index (χ0v) is 11.2. The minimum atomic E-state index is -2.63. The molecule has 0 saturated carbocycles. The number of rotatable bonds is 1. The Kier molecular flexibility index (Phi) is 0.145. The third-order valence-corrected chi connectivity index (χ3v) is 59.7. The van der Waals surface area contributed by atoms with Crippen LogP contribution < -0.4 is 0 Å². The van der Waals surface area contributed by atoms with E-state index >= 15 is 0 Å². The van der Waals surface area contributed by atoms with Crippen LogP contribution in [0.25, 0.3) is 0 Å². The summed E-state index contributed by atoms with van der Waals surface area (Å²) in [5, 5.41) is 0.969. The Morgan fingerprint density at radius 2 is 1.21 bits per heavy atom. The molecule has 0 aromatic heterocycles. The van der Waals surface area contributed by atoms with Gasteiger partial charge in [-0.3, -0.25) is 0 Å². The van der Waals surface area contributed by atoms with E-state index < -0.39 is 6.51 Å². The fourth-order valence-corrected chi connectivity index (χ4v) is 98.8. The van der Waals surface area contributed by atoms with E-state index in [9.17, 15) is 0 Å². The van der Waals surface area contributed by atoms with Gasteiger partial charge in [0, 0.05) is 0 Å². The summed E-state index contributed by atoms with van der Waals surface area (Å²) >= 11 is 0. The van der Waals surface area contributed by atoms with Gasteiger partial charge in [-0.05, 0) is 0 Å². The van der Waals surface area contributed by atoms with Crippen molar-refractivity contribution in [1.82, 2.24) is 0 Å². The van der Waals surface area contributed by atoms with Crippen molar-refractivity contribution in [3.8, 4) is 0 Å². The van der Waals surface area contributed by atoms with Gasteiger partial charge in [0.25, 0.3) is 0 Å². The van der Waals surface area contributed by atoms with E-state index in [-0.39, 0.29) is 0 Å². The molecule has 0 aliphatic carbocycles. The molecule has 1 spiro atoms. The maximum atomic E-state index is 3.24. The molecule has 6 unspecified atom stereocenters. The van der Waals surface area contributed by atoms with Gasteiger partial charge >= 0.3 is 78.0 Å². The Labute approximate surface area is 78.0 Å². The molecule has 0 bridgehead atoms. The van der Waals surface area contributed by atoms with Crippen LogP contribution >= 0.6 is 18.5 Å². The summed E-state index contributed by atoms with van der Waals surface area (Å²) in [6.07, 6.45) is 0. The van der Waals surface area contributed by atoms with Crippen molar-refractivity contribution in [2.75, 3.05) is 0 Å². The Bertz CT molecular complexity index is 802. The number of hydrogen-bond acceptors (Lipinski definition) is 0. The fraction of sp³-hybridized carbons (Fsp3) is 1.00. The van der Waals surface area contributed by atoms with Gasteiger partial charge in [-0.2, -0.15) is 0 Å². The minimum absolute atomic E-state index is 0.969. The molecule has 10 saturated heterocycles. The third-order valence-electron chi connectivity index (χ3n) is 15.3. The van der Waals surface area contributed by atoms with Crippen molar-refractivity contribution in [3.05, 3.63) is 0 Å². The van der Waals surface area contributed by atoms with Gasteiger partial charge in [0.2, 0.25) is 0 Å². The third kappa shape index (κ3) is 0.0422. The normalized spacial score (nSPS) is 143. The van der Waals surface area contributed by atoms with Crippen molar-refractivity contribution in [1.29, 1.82) is 0 Å². The van der Waals surface area contributed by atoms with Crippen LogP contribution in [0.1, 0.15) is 0 Å². The van der Waals surface area contributed by atoms with Gasteiger partial charge in [0.1, 0.15) is 0 Å². The van der Waals surface area contributed by atoms with E-state index in [1.165, 1.54) is 43.3 Å². The molecular weight excluding hydrogens is 250 g/mol. The summed E-state index contributed by atoms with van der Waals surface area (Å²) in [4.78, 5) is 13.6. The summed E-state index contributed by atoms with van der Waals surface area (Å²) in [5.41, 5.74) is 0. The molecule has 76 valence electrons. The Morgan fingerprint density at radius 1 is 0.786 bits per heavy atom. The van der Waals surface area contributed by atoms with Gasteiger partial charge < -0.3 is 0 Å². The zero-order chi connectivity index (χ0) is 8.59. The molecule has 10 heterocycles. The summed E-state index contributed by atoms with van der Waals surface area (Å²) in [6.45, 7) is -2.63. The first-order valence-electron chi connectivity index (χ1n) is 6.21. The molecule has 6 atom stereocenters. The van der Waals surface area contributed by atoms with E-state index in [1.54, 1.807) is 0 Å². The molecular formula is C11H14FeP2. The van der Waals surface area contributed by atoms with Crippen LogP contribution in [-0.2, 0) is 6.51 Å². The zero-order valence-electron chi connectivity index (χ0n) is 7.78. The van der Waals surface area contributed by atoms with E-state index in [4.69, 9.17) is 0 Å². The van der Waals surface area contributed by atoms with Crippen molar-refractivity contribution < 1.29 is 6.51 Å². The SMILES string of the molecule is PC(P)[C]12[CH]3[CH]4[CH]5[CH]1[Fe]45321678[CH]2[CH]1[CH]6[CH]7[CH]28. The van der Waals surface area contributed by atoms with Gasteiger partial charge in [-0.25, -0.2) is 0 Å². The first-order chi connectivity index (χ1) is 6.49. The molecule has 0 radical (unpaired) electrons. The Morgan fingerprint density at radius 3 is 1.29 bits per heavy atom. The van der Waals surface area contributed by atoms with E-state index in [0.717, 1.165) is 9.71 Å². The average molecular weight is 264 g/mol. The molecule has 10 rings (SSSR count). The van der Waals surface area contributed by atoms with Gasteiger partial charge in [0.05, 0.1) is 0 Å². The Balaban J connectivity index is 1.94. The summed E-state index contributed by atoms with van der Waals surface area (Å²) in [6, 6.07) is 0. The second kappa shape index (κ2) is 0.379. The van der Waals surface area contributed by atoms with Gasteiger partial charge in [-0.1, -0.05) is 0 Å². The monoisotopic (exact) mass is 264 g/mol. The van der Waals surface area contributed by atoms with Crippen molar-refractivity contribution in [2.24, 2.45) is 0 Å². The predicted octanol–water partition coefficient (Wildman–Crippen LogP) is 3.82. The maximum absolute atomic E-state index is 3.24. The summed E-state index contributed by atoms with van der Waals surface area (Å²) in [5.74, 6) is 0. The molecule has 10 aliphatic rings. The average Bonchev–Trinajstić information content (AvgIpc) is 3.13. The van der Waals surface area contributed by atoms with Crippen molar-refractivity contribution in [2.45, 2.75) is 53.1 Å². The van der Waals surface area contributed by atoms with Crippen LogP contribution in [0.15, 0.2) is 0 Å². The second-order valence-electron chi connectivity index (χ2n) is 10.3. The first kappa shape index (κ1) is 5.35. The van der Waals surface area contributed by atoms with Crippen LogP contribution in [0.5, 0.6) is 0 Å². The molecule has 0 aromatic rings. The van der Waals surface area contributed by atoms with E-state index in [1.807, 2.05) is 0 Å². The van der Waals surface area contributed by atoms with Crippen LogP contribution in [-0.4, -0.2) is 5.40 Å². The quantitative estimate of drug-likeness (QED) is 0.499. The summed E-state index contributed by atoms with van der Waals surface area (Å²) in [7, 11) is 6.47. The molecule has 10 fully saturated rings. The van der Waals surface area contributed by atoms with Gasteiger partial charge in [0.15, 0.2) is 0 Å². The van der Waals surface area contributed by atoms with Crippen LogP contribution in [0.4, 0.5) is 0 Å². The van der Waals surface area contributed by atoms with E-state index in [2.05, 4.69) is 18.5 Å². The van der Waals surface area contributed by atoms with Crippen molar-refractivity contribution >= 4 is 18.5 Å². The standard InChI is InChI=1S/C6H9P2.C5H5.Fe/c7-6(8)5-3-1-2-4-5;1-2-4-5-3-1;/h1-4,6H,7-8H2;1-5H;. The molecule has 0 N–H and O–H groups in total. The predicted molar refractivity (Wildman–Crippen MR) is 59.7 cm³/mol. The molecule has 14 heavy (non-hydrogen) atoms. The summed E-state index contributed by atoms with van der Waals surface area (Å²) < 4.78 is 1.12. The van der Waals surface area contributed by atoms with Crippen LogP contribution in [0.3, 0.4) is 0 Å². The number of fused-ring (bicyclic) bond motifs is 10. The molecule has 0 amide bonds. The van der Waals surface area contributed by atoms with E-state index in [0.29, 0.717) is 0 Å². The molecule has 10 aliphatic heterocycles. The molecule has 0 aromatic carbocycles.